The molecule has 3 aromatic carbocycles. The van der Waals surface area contributed by atoms with Gasteiger partial charge in [0.2, 0.25) is 5.91 Å². The molecule has 0 fully saturated rings. The van der Waals surface area contributed by atoms with Crippen molar-refractivity contribution >= 4 is 23.2 Å². The molecule has 6 nitrogen and oxygen atoms in total. The van der Waals surface area contributed by atoms with Gasteiger partial charge in [-0.15, -0.1) is 0 Å². The Morgan fingerprint density at radius 2 is 1.35 bits per heavy atom. The fraction of sp³-hybridized carbons (Fsp3) is 0.200. The Bertz CT molecular complexity index is 983. The average molecular weight is 418 g/mol. The highest BCUT2D eigenvalue weighted by atomic mass is 16.5. The van der Waals surface area contributed by atoms with Crippen molar-refractivity contribution in [3.63, 3.8) is 0 Å². The molecule has 6 heteroatoms. The molecule has 0 bridgehead atoms. The van der Waals surface area contributed by atoms with Crippen LogP contribution in [0.3, 0.4) is 0 Å². The van der Waals surface area contributed by atoms with Gasteiger partial charge >= 0.3 is 0 Å². The fourth-order valence-corrected chi connectivity index (χ4v) is 3.04. The van der Waals surface area contributed by atoms with E-state index in [0.29, 0.717) is 24.3 Å². The van der Waals surface area contributed by atoms with Crippen LogP contribution in [0.5, 0.6) is 11.5 Å². The zero-order valence-electron chi connectivity index (χ0n) is 17.8. The summed E-state index contributed by atoms with van der Waals surface area (Å²) in [5.41, 5.74) is 2.07. The number of rotatable bonds is 9. The summed E-state index contributed by atoms with van der Waals surface area (Å²) in [6.45, 7) is 5.36. The third kappa shape index (κ3) is 6.34. The van der Waals surface area contributed by atoms with Gasteiger partial charge in [0.25, 0.3) is 5.91 Å². The summed E-state index contributed by atoms with van der Waals surface area (Å²) in [6, 6.07) is 23.9. The van der Waals surface area contributed by atoms with Gasteiger partial charge in [-0.25, -0.2) is 0 Å². The van der Waals surface area contributed by atoms with Gasteiger partial charge in [-0.05, 0) is 74.5 Å². The number of anilines is 2. The van der Waals surface area contributed by atoms with Gasteiger partial charge in [0.1, 0.15) is 11.5 Å². The first kappa shape index (κ1) is 21.9. The summed E-state index contributed by atoms with van der Waals surface area (Å²) < 4.78 is 5.76. The van der Waals surface area contributed by atoms with Crippen LogP contribution in [-0.4, -0.2) is 36.3 Å². The molecule has 0 aliphatic rings. The number of nitrogens with zero attached hydrogens (tertiary/aromatic N) is 1. The van der Waals surface area contributed by atoms with Crippen molar-refractivity contribution in [2.45, 2.75) is 13.8 Å². The van der Waals surface area contributed by atoms with Crippen LogP contribution in [0.25, 0.3) is 0 Å². The third-order valence-electron chi connectivity index (χ3n) is 4.75. The Morgan fingerprint density at radius 3 is 1.97 bits per heavy atom. The first-order chi connectivity index (χ1) is 15.1. The van der Waals surface area contributed by atoms with Crippen LogP contribution in [0.4, 0.5) is 11.4 Å². The van der Waals surface area contributed by atoms with Crippen molar-refractivity contribution in [2.24, 2.45) is 0 Å². The Morgan fingerprint density at radius 1 is 0.774 bits per heavy atom. The number of para-hydroxylation sites is 1. The summed E-state index contributed by atoms with van der Waals surface area (Å²) in [6.07, 6.45) is 0. The van der Waals surface area contributed by atoms with Crippen LogP contribution >= 0.6 is 0 Å². The molecule has 160 valence electrons. The zero-order chi connectivity index (χ0) is 22.1. The summed E-state index contributed by atoms with van der Waals surface area (Å²) in [4.78, 5) is 26.3. The lowest BCUT2D eigenvalue weighted by Crippen LogP contribution is -2.30. The van der Waals surface area contributed by atoms with E-state index in [9.17, 15) is 9.59 Å². The SMILES string of the molecule is CCN(CC)C(=O)c1ccc(NC(=O)CNc2ccc(Oc3ccccc3)cc2)cc1. The lowest BCUT2D eigenvalue weighted by atomic mass is 10.1. The quantitative estimate of drug-likeness (QED) is 0.513. The first-order valence-electron chi connectivity index (χ1n) is 10.3. The van der Waals surface area contributed by atoms with Crippen molar-refractivity contribution < 1.29 is 14.3 Å². The van der Waals surface area contributed by atoms with Gasteiger partial charge in [0, 0.05) is 30.0 Å². The molecule has 0 saturated heterocycles. The largest absolute Gasteiger partial charge is 0.457 e. The molecule has 0 spiro atoms. The maximum atomic E-state index is 12.3. The van der Waals surface area contributed by atoms with Gasteiger partial charge in [-0.2, -0.15) is 0 Å². The normalized spacial score (nSPS) is 10.3. The van der Waals surface area contributed by atoms with Crippen LogP contribution in [0.1, 0.15) is 24.2 Å². The molecule has 0 radical (unpaired) electrons. The fourth-order valence-electron chi connectivity index (χ4n) is 3.04. The standard InChI is InChI=1S/C25H27N3O3/c1-3-28(4-2)25(30)19-10-12-21(13-11-19)27-24(29)18-26-20-14-16-23(17-15-20)31-22-8-6-5-7-9-22/h5-17,26H,3-4,18H2,1-2H3,(H,27,29). The highest BCUT2D eigenvalue weighted by Gasteiger charge is 2.12. The Hall–Kier alpha value is -3.80. The maximum Gasteiger partial charge on any atom is 0.253 e. The van der Waals surface area contributed by atoms with Crippen molar-refractivity contribution in [3.05, 3.63) is 84.4 Å². The molecule has 0 atom stereocenters. The van der Waals surface area contributed by atoms with Crippen molar-refractivity contribution in [1.29, 1.82) is 0 Å². The molecule has 0 aromatic heterocycles. The Labute approximate surface area is 182 Å². The molecular formula is C25H27N3O3. The van der Waals surface area contributed by atoms with Crippen LogP contribution in [0.2, 0.25) is 0 Å². The first-order valence-corrected chi connectivity index (χ1v) is 10.3. The number of amides is 2. The summed E-state index contributed by atoms with van der Waals surface area (Å²) in [7, 11) is 0. The molecule has 0 saturated carbocycles. The van der Waals surface area contributed by atoms with E-state index in [2.05, 4.69) is 10.6 Å². The van der Waals surface area contributed by atoms with Gasteiger partial charge in [0.15, 0.2) is 0 Å². The van der Waals surface area contributed by atoms with E-state index in [1.54, 1.807) is 29.2 Å². The molecular weight excluding hydrogens is 390 g/mol. The van der Waals surface area contributed by atoms with E-state index < -0.39 is 0 Å². The highest BCUT2D eigenvalue weighted by molar-refractivity contribution is 5.96. The Balaban J connectivity index is 1.48. The van der Waals surface area contributed by atoms with Gasteiger partial charge in [0.05, 0.1) is 6.54 Å². The van der Waals surface area contributed by atoms with Gasteiger partial charge < -0.3 is 20.3 Å². The minimum Gasteiger partial charge on any atom is -0.457 e. The molecule has 0 aliphatic heterocycles. The number of hydrogen-bond donors (Lipinski definition) is 2. The van der Waals surface area contributed by atoms with E-state index in [-0.39, 0.29) is 18.4 Å². The monoisotopic (exact) mass is 417 g/mol. The predicted octanol–water partition coefficient (Wildman–Crippen LogP) is 5.01. The average Bonchev–Trinajstić information content (AvgIpc) is 2.80. The molecule has 3 rings (SSSR count). The van der Waals surface area contributed by atoms with Crippen LogP contribution in [-0.2, 0) is 4.79 Å². The number of hydrogen-bond acceptors (Lipinski definition) is 4. The van der Waals surface area contributed by atoms with Crippen LogP contribution in [0, 0.1) is 0 Å². The topological polar surface area (TPSA) is 70.7 Å². The molecule has 2 amide bonds. The lowest BCUT2D eigenvalue weighted by Gasteiger charge is -2.18. The molecule has 0 aliphatic carbocycles. The molecule has 0 unspecified atom stereocenters. The van der Waals surface area contributed by atoms with E-state index >= 15 is 0 Å². The minimum atomic E-state index is -0.174. The van der Waals surface area contributed by atoms with E-state index in [1.807, 2.05) is 68.4 Å². The molecule has 3 aromatic rings. The number of ether oxygens (including phenoxy) is 1. The van der Waals surface area contributed by atoms with E-state index in [0.717, 1.165) is 17.2 Å². The summed E-state index contributed by atoms with van der Waals surface area (Å²) in [5, 5.41) is 5.92. The number of benzene rings is 3. The lowest BCUT2D eigenvalue weighted by molar-refractivity contribution is -0.114. The van der Waals surface area contributed by atoms with E-state index in [1.165, 1.54) is 0 Å². The molecule has 31 heavy (non-hydrogen) atoms. The second kappa shape index (κ2) is 10.8. The van der Waals surface area contributed by atoms with E-state index in [4.69, 9.17) is 4.74 Å². The third-order valence-corrected chi connectivity index (χ3v) is 4.75. The van der Waals surface area contributed by atoms with Crippen molar-refractivity contribution in [2.75, 3.05) is 30.3 Å². The number of carbonyl (C=O) groups excluding carboxylic acids is 2. The number of nitrogens with one attached hydrogen (secondary N) is 2. The van der Waals surface area contributed by atoms with Gasteiger partial charge in [-0.3, -0.25) is 9.59 Å². The Kier molecular flexibility index (Phi) is 7.65. The highest BCUT2D eigenvalue weighted by Crippen LogP contribution is 2.22. The second-order valence-electron chi connectivity index (χ2n) is 6.90. The molecule has 2 N–H and O–H groups in total. The van der Waals surface area contributed by atoms with Crippen molar-refractivity contribution in [3.8, 4) is 11.5 Å². The van der Waals surface area contributed by atoms with Crippen molar-refractivity contribution in [1.82, 2.24) is 4.90 Å². The number of carbonyl (C=O) groups is 2. The smallest absolute Gasteiger partial charge is 0.253 e. The maximum absolute atomic E-state index is 12.3. The van der Waals surface area contributed by atoms with Crippen LogP contribution in [0.15, 0.2) is 78.9 Å². The molecule has 0 heterocycles. The minimum absolute atomic E-state index is 0.00997. The van der Waals surface area contributed by atoms with Crippen LogP contribution < -0.4 is 15.4 Å². The summed E-state index contributed by atoms with van der Waals surface area (Å²) >= 11 is 0. The summed E-state index contributed by atoms with van der Waals surface area (Å²) in [5.74, 6) is 1.31. The van der Waals surface area contributed by atoms with Gasteiger partial charge in [-0.1, -0.05) is 18.2 Å². The zero-order valence-corrected chi connectivity index (χ0v) is 17.8. The predicted molar refractivity (Wildman–Crippen MR) is 124 cm³/mol. The second-order valence-corrected chi connectivity index (χ2v) is 6.90.